The van der Waals surface area contributed by atoms with Crippen molar-refractivity contribution in [1.82, 2.24) is 34.9 Å². The van der Waals surface area contributed by atoms with Gasteiger partial charge in [-0.2, -0.15) is 0 Å². The molecule has 3 heterocycles. The van der Waals surface area contributed by atoms with Gasteiger partial charge < -0.3 is 0 Å². The highest BCUT2D eigenvalue weighted by Crippen LogP contribution is 1.84. The van der Waals surface area contributed by atoms with E-state index in [9.17, 15) is 0 Å². The second-order valence-corrected chi connectivity index (χ2v) is 3.95. The number of aryl methyl sites for hydroxylation is 3. The van der Waals surface area contributed by atoms with E-state index in [4.69, 9.17) is 0 Å². The fourth-order valence-electron chi connectivity index (χ4n) is 1.03. The molecule has 0 aliphatic rings. The van der Waals surface area contributed by atoms with E-state index in [1.807, 2.05) is 68.4 Å². The summed E-state index contributed by atoms with van der Waals surface area (Å²) in [6.07, 6.45) is 11.3. The van der Waals surface area contributed by atoms with Crippen molar-refractivity contribution in [3.05, 3.63) is 67.0 Å². The molecule has 0 saturated carbocycles. The lowest BCUT2D eigenvalue weighted by Gasteiger charge is -1.81. The molecule has 150 valence electrons. The highest BCUT2D eigenvalue weighted by Gasteiger charge is 1.76. The van der Waals surface area contributed by atoms with E-state index < -0.39 is 0 Å². The van der Waals surface area contributed by atoms with Gasteiger partial charge in [0, 0.05) is 24.3 Å². The zero-order chi connectivity index (χ0) is 21.3. The van der Waals surface area contributed by atoms with Crippen LogP contribution in [0.5, 0.6) is 0 Å². The van der Waals surface area contributed by atoms with Gasteiger partial charge in [0.1, 0.15) is 31.1 Å². The monoisotopic (exact) mass is 373 g/mol. The molecule has 3 aromatic rings. The predicted molar refractivity (Wildman–Crippen MR) is 112 cm³/mol. The Kier molecular flexibility index (Phi) is 27.2. The Morgan fingerprint density at radius 3 is 1.26 bits per heavy atom. The summed E-state index contributed by atoms with van der Waals surface area (Å²) >= 11 is 0. The third-order valence-corrected chi connectivity index (χ3v) is 2.04. The summed E-state index contributed by atoms with van der Waals surface area (Å²) in [6.45, 7) is 17.7. The number of hydrogen-bond donors (Lipinski definition) is 0. The first kappa shape index (κ1) is 29.0. The molecule has 0 fully saturated rings. The molecule has 0 unspecified atom stereocenters. The Morgan fingerprint density at radius 2 is 1.04 bits per heavy atom. The second kappa shape index (κ2) is 25.4. The summed E-state index contributed by atoms with van der Waals surface area (Å²) in [5, 5.41) is 0. The van der Waals surface area contributed by atoms with Crippen LogP contribution in [0.2, 0.25) is 0 Å². The van der Waals surface area contributed by atoms with Crippen LogP contribution in [0.4, 0.5) is 0 Å². The van der Waals surface area contributed by atoms with Crippen molar-refractivity contribution < 1.29 is 0 Å². The quantitative estimate of drug-likeness (QED) is 0.557. The van der Waals surface area contributed by atoms with Crippen molar-refractivity contribution in [1.29, 1.82) is 0 Å². The van der Waals surface area contributed by atoms with Crippen LogP contribution in [0.15, 0.2) is 50.0 Å². The predicted octanol–water partition coefficient (Wildman–Crippen LogP) is 4.83. The average molecular weight is 374 g/mol. The standard InChI is InChI=1S/2C5H6N2.C4H5N3.3C2H6/c1-5-2-6-4-7-3-5;1-5-2-3-6-4-7-5;1-4-6-2-5-3-7-4;3*1-2/h2*2-4H,1H3;2-3H,1H3;3*1-2H3. The van der Waals surface area contributed by atoms with Crippen molar-refractivity contribution in [3.8, 4) is 0 Å². The van der Waals surface area contributed by atoms with Crippen molar-refractivity contribution in [2.24, 2.45) is 0 Å². The van der Waals surface area contributed by atoms with Gasteiger partial charge in [0.25, 0.3) is 0 Å². The van der Waals surface area contributed by atoms with Gasteiger partial charge in [-0.05, 0) is 32.4 Å². The third kappa shape index (κ3) is 23.2. The fourth-order valence-corrected chi connectivity index (χ4v) is 1.03. The van der Waals surface area contributed by atoms with Crippen LogP contribution in [-0.4, -0.2) is 34.9 Å². The zero-order valence-corrected chi connectivity index (χ0v) is 18.2. The summed E-state index contributed by atoms with van der Waals surface area (Å²) in [6, 6.07) is 1.86. The van der Waals surface area contributed by atoms with Crippen LogP contribution in [0, 0.1) is 20.8 Å². The Hall–Kier alpha value is -2.83. The maximum Gasteiger partial charge on any atom is 0.128 e. The molecule has 3 aromatic heterocycles. The number of aromatic nitrogens is 7. The molecule has 7 nitrogen and oxygen atoms in total. The fraction of sp³-hybridized carbons (Fsp3) is 0.450. The third-order valence-electron chi connectivity index (χ3n) is 2.04. The summed E-state index contributed by atoms with van der Waals surface area (Å²) in [4.78, 5) is 26.3. The molecule has 0 aliphatic carbocycles. The molecule has 0 aromatic carbocycles. The molecule has 0 spiro atoms. The average Bonchev–Trinajstić information content (AvgIpc) is 2.75. The van der Waals surface area contributed by atoms with Crippen molar-refractivity contribution in [2.75, 3.05) is 0 Å². The molecule has 27 heavy (non-hydrogen) atoms. The molecule has 0 radical (unpaired) electrons. The van der Waals surface area contributed by atoms with Crippen LogP contribution < -0.4 is 0 Å². The van der Waals surface area contributed by atoms with Gasteiger partial charge in [0.2, 0.25) is 0 Å². The lowest BCUT2D eigenvalue weighted by molar-refractivity contribution is 0.974. The molecule has 7 heteroatoms. The second-order valence-electron chi connectivity index (χ2n) is 3.95. The van der Waals surface area contributed by atoms with Crippen LogP contribution in [0.1, 0.15) is 58.6 Å². The first-order chi connectivity index (χ1) is 13.2. The minimum atomic E-state index is 0.759. The SMILES string of the molecule is CC.CC.CC.Cc1ccncn1.Cc1cncnc1.Cc1ncncn1. The molecule has 0 aliphatic heterocycles. The van der Waals surface area contributed by atoms with Gasteiger partial charge in [-0.15, -0.1) is 0 Å². The van der Waals surface area contributed by atoms with Gasteiger partial charge in [-0.1, -0.05) is 41.5 Å². The van der Waals surface area contributed by atoms with E-state index in [2.05, 4.69) is 34.9 Å². The van der Waals surface area contributed by atoms with E-state index in [-0.39, 0.29) is 0 Å². The Labute approximate surface area is 164 Å². The van der Waals surface area contributed by atoms with Gasteiger partial charge in [0.15, 0.2) is 0 Å². The smallest absolute Gasteiger partial charge is 0.128 e. The Bertz CT molecular complexity index is 501. The Balaban J connectivity index is -0.000000281. The maximum absolute atomic E-state index is 3.87. The lowest BCUT2D eigenvalue weighted by atomic mass is 10.4. The van der Waals surface area contributed by atoms with E-state index in [1.54, 1.807) is 18.6 Å². The number of rotatable bonds is 0. The first-order valence-electron chi connectivity index (χ1n) is 9.21. The van der Waals surface area contributed by atoms with Crippen molar-refractivity contribution in [2.45, 2.75) is 62.3 Å². The minimum Gasteiger partial charge on any atom is -0.245 e. The first-order valence-corrected chi connectivity index (χ1v) is 9.21. The molecule has 0 amide bonds. The molecular weight excluding hydrogens is 338 g/mol. The van der Waals surface area contributed by atoms with E-state index in [1.165, 1.54) is 25.3 Å². The van der Waals surface area contributed by atoms with Crippen molar-refractivity contribution in [3.63, 3.8) is 0 Å². The topological polar surface area (TPSA) is 90.2 Å². The van der Waals surface area contributed by atoms with Crippen LogP contribution >= 0.6 is 0 Å². The van der Waals surface area contributed by atoms with Crippen LogP contribution in [0.3, 0.4) is 0 Å². The molecule has 3 rings (SSSR count). The molecule has 0 bridgehead atoms. The van der Waals surface area contributed by atoms with E-state index >= 15 is 0 Å². The van der Waals surface area contributed by atoms with Crippen molar-refractivity contribution >= 4 is 0 Å². The minimum absolute atomic E-state index is 0.759. The summed E-state index contributed by atoms with van der Waals surface area (Å²) in [5.41, 5.74) is 2.11. The zero-order valence-electron chi connectivity index (χ0n) is 18.2. The highest BCUT2D eigenvalue weighted by molar-refractivity contribution is 4.97. The van der Waals surface area contributed by atoms with E-state index in [0.29, 0.717) is 0 Å². The van der Waals surface area contributed by atoms with Gasteiger partial charge >= 0.3 is 0 Å². The van der Waals surface area contributed by atoms with Gasteiger partial charge in [0.05, 0.1) is 0 Å². The largest absolute Gasteiger partial charge is 0.245 e. The normalized spacial score (nSPS) is 7.44. The lowest BCUT2D eigenvalue weighted by Crippen LogP contribution is -1.84. The molecule has 0 N–H and O–H groups in total. The number of hydrogen-bond acceptors (Lipinski definition) is 7. The molecule has 0 atom stereocenters. The molecular formula is C20H35N7. The van der Waals surface area contributed by atoms with Gasteiger partial charge in [-0.3, -0.25) is 0 Å². The van der Waals surface area contributed by atoms with E-state index in [0.717, 1.165) is 17.1 Å². The maximum atomic E-state index is 3.87. The summed E-state index contributed by atoms with van der Waals surface area (Å²) in [5.74, 6) is 0.759. The Morgan fingerprint density at radius 1 is 0.556 bits per heavy atom. The van der Waals surface area contributed by atoms with Gasteiger partial charge in [-0.25, -0.2) is 34.9 Å². The van der Waals surface area contributed by atoms with Crippen LogP contribution in [0.25, 0.3) is 0 Å². The molecule has 0 saturated heterocycles. The van der Waals surface area contributed by atoms with Crippen LogP contribution in [-0.2, 0) is 0 Å². The highest BCUT2D eigenvalue weighted by atomic mass is 15.0. The number of nitrogens with zero attached hydrogens (tertiary/aromatic N) is 7. The summed E-state index contributed by atoms with van der Waals surface area (Å²) < 4.78 is 0. The summed E-state index contributed by atoms with van der Waals surface area (Å²) in [7, 11) is 0.